The quantitative estimate of drug-likeness (QED) is 0.799. The van der Waals surface area contributed by atoms with E-state index in [9.17, 15) is 0 Å². The van der Waals surface area contributed by atoms with E-state index >= 15 is 0 Å². The maximum Gasteiger partial charge on any atom is 0.203 e. The van der Waals surface area contributed by atoms with Crippen molar-refractivity contribution in [2.75, 3.05) is 32.8 Å². The first kappa shape index (κ1) is 15.3. The monoisotopic (exact) mass is 310 g/mol. The molecule has 5 heteroatoms. The lowest BCUT2D eigenvalue weighted by Gasteiger charge is -2.15. The minimum atomic E-state index is 0.364. The third-order valence-corrected chi connectivity index (χ3v) is 5.53. The molecule has 0 atom stereocenters. The fraction of sp³-hybridized carbons (Fsp3) is 0.467. The summed E-state index contributed by atoms with van der Waals surface area (Å²) in [5.74, 6) is 10.8. The number of hydrogen-bond donors (Lipinski definition) is 0. The molecule has 0 aliphatic carbocycles. The van der Waals surface area contributed by atoms with Crippen LogP contribution >= 0.6 is 23.5 Å². The van der Waals surface area contributed by atoms with Crippen LogP contribution in [-0.4, -0.2) is 37.4 Å². The molecule has 1 fully saturated rings. The molecule has 1 heterocycles. The highest BCUT2D eigenvalue weighted by Gasteiger charge is 2.13. The zero-order chi connectivity index (χ0) is 14.4. The summed E-state index contributed by atoms with van der Waals surface area (Å²) in [6.07, 6.45) is 1.28. The molecule has 0 amide bonds. The second kappa shape index (κ2) is 7.61. The van der Waals surface area contributed by atoms with E-state index in [0.717, 1.165) is 5.56 Å². The van der Waals surface area contributed by atoms with Gasteiger partial charge in [0.2, 0.25) is 5.75 Å². The van der Waals surface area contributed by atoms with E-state index in [1.807, 2.05) is 35.7 Å². The predicted octanol–water partition coefficient (Wildman–Crippen LogP) is 3.26. The first-order valence-electron chi connectivity index (χ1n) is 6.33. The van der Waals surface area contributed by atoms with E-state index in [4.69, 9.17) is 14.2 Å². The van der Waals surface area contributed by atoms with Crippen molar-refractivity contribution in [3.05, 3.63) is 17.7 Å². The Bertz CT molecular complexity index is 489. The number of thioether (sulfide) groups is 2. The molecule has 1 aromatic rings. The first-order valence-corrected chi connectivity index (χ1v) is 8.43. The second-order valence-corrected chi connectivity index (χ2v) is 6.83. The summed E-state index contributed by atoms with van der Waals surface area (Å²) in [6, 6.07) is 3.76. The lowest BCUT2D eigenvalue weighted by Crippen LogP contribution is -2.03. The maximum atomic E-state index is 5.33. The van der Waals surface area contributed by atoms with Gasteiger partial charge in [-0.25, -0.2) is 0 Å². The van der Waals surface area contributed by atoms with Crippen LogP contribution in [0.1, 0.15) is 12.0 Å². The summed E-state index contributed by atoms with van der Waals surface area (Å²) < 4.78 is 16.3. The Morgan fingerprint density at radius 1 is 1.00 bits per heavy atom. The van der Waals surface area contributed by atoms with Crippen LogP contribution < -0.4 is 14.2 Å². The van der Waals surface area contributed by atoms with Crippen LogP contribution in [0, 0.1) is 11.8 Å². The fourth-order valence-electron chi connectivity index (χ4n) is 1.87. The summed E-state index contributed by atoms with van der Waals surface area (Å²) in [7, 11) is 4.82. The number of rotatable bonds is 3. The van der Waals surface area contributed by atoms with Gasteiger partial charge in [0, 0.05) is 5.56 Å². The van der Waals surface area contributed by atoms with Crippen molar-refractivity contribution in [2.45, 2.75) is 11.0 Å². The van der Waals surface area contributed by atoms with Gasteiger partial charge in [-0.05, 0) is 30.1 Å². The standard InChI is InChI=1S/C15H18O3S2/c1-16-12-9-11(10-13(17-2)15(12)18-3)5-6-14-19-7-4-8-20-14/h9-10,14H,4,7-8H2,1-3H3. The highest BCUT2D eigenvalue weighted by molar-refractivity contribution is 8.17. The molecule has 20 heavy (non-hydrogen) atoms. The smallest absolute Gasteiger partial charge is 0.203 e. The Morgan fingerprint density at radius 2 is 1.60 bits per heavy atom. The van der Waals surface area contributed by atoms with Gasteiger partial charge in [0.15, 0.2) is 11.5 Å². The average Bonchev–Trinajstić information content (AvgIpc) is 2.52. The van der Waals surface area contributed by atoms with Crippen molar-refractivity contribution in [1.29, 1.82) is 0 Å². The van der Waals surface area contributed by atoms with E-state index in [1.54, 1.807) is 21.3 Å². The molecular formula is C15H18O3S2. The SMILES string of the molecule is COc1cc(C#CC2SCCCS2)cc(OC)c1OC. The van der Waals surface area contributed by atoms with Crippen LogP contribution in [0.2, 0.25) is 0 Å². The molecule has 2 rings (SSSR count). The van der Waals surface area contributed by atoms with Crippen molar-refractivity contribution >= 4 is 23.5 Å². The molecule has 0 bridgehead atoms. The Kier molecular flexibility index (Phi) is 5.81. The average molecular weight is 310 g/mol. The highest BCUT2D eigenvalue weighted by Crippen LogP contribution is 2.38. The number of benzene rings is 1. The Morgan fingerprint density at radius 3 is 2.10 bits per heavy atom. The van der Waals surface area contributed by atoms with E-state index in [2.05, 4.69) is 11.8 Å². The van der Waals surface area contributed by atoms with E-state index in [1.165, 1.54) is 17.9 Å². The maximum absolute atomic E-state index is 5.33. The van der Waals surface area contributed by atoms with Gasteiger partial charge >= 0.3 is 0 Å². The molecule has 1 saturated heterocycles. The Balaban J connectivity index is 2.25. The molecule has 3 nitrogen and oxygen atoms in total. The third-order valence-electron chi connectivity index (χ3n) is 2.83. The minimum Gasteiger partial charge on any atom is -0.493 e. The lowest BCUT2D eigenvalue weighted by atomic mass is 10.2. The van der Waals surface area contributed by atoms with E-state index < -0.39 is 0 Å². The van der Waals surface area contributed by atoms with Crippen LogP contribution in [0.3, 0.4) is 0 Å². The number of hydrogen-bond acceptors (Lipinski definition) is 5. The van der Waals surface area contributed by atoms with Crippen LogP contribution in [0.5, 0.6) is 17.2 Å². The fourth-order valence-corrected chi connectivity index (χ4v) is 4.35. The van der Waals surface area contributed by atoms with E-state index in [-0.39, 0.29) is 0 Å². The zero-order valence-corrected chi connectivity index (χ0v) is 13.5. The molecule has 1 aromatic carbocycles. The third kappa shape index (κ3) is 3.71. The Labute approximate surface area is 128 Å². The van der Waals surface area contributed by atoms with Gasteiger partial charge in [0.05, 0.1) is 21.3 Å². The molecule has 1 aliphatic heterocycles. The second-order valence-electron chi connectivity index (χ2n) is 4.11. The molecule has 0 spiro atoms. The van der Waals surface area contributed by atoms with Gasteiger partial charge in [0.25, 0.3) is 0 Å². The number of ether oxygens (including phenoxy) is 3. The van der Waals surface area contributed by atoms with Gasteiger partial charge in [-0.2, -0.15) is 0 Å². The molecule has 0 N–H and O–H groups in total. The van der Waals surface area contributed by atoms with Crippen molar-refractivity contribution < 1.29 is 14.2 Å². The predicted molar refractivity (Wildman–Crippen MR) is 86.3 cm³/mol. The van der Waals surface area contributed by atoms with Gasteiger partial charge in [0.1, 0.15) is 4.58 Å². The topological polar surface area (TPSA) is 27.7 Å². The molecular weight excluding hydrogens is 292 g/mol. The first-order chi connectivity index (χ1) is 9.78. The van der Waals surface area contributed by atoms with Gasteiger partial charge < -0.3 is 14.2 Å². The summed E-state index contributed by atoms with van der Waals surface area (Å²) in [5, 5.41) is 0. The van der Waals surface area contributed by atoms with Crippen molar-refractivity contribution in [3.63, 3.8) is 0 Å². The molecule has 0 unspecified atom stereocenters. The van der Waals surface area contributed by atoms with Crippen LogP contribution in [0.25, 0.3) is 0 Å². The van der Waals surface area contributed by atoms with Gasteiger partial charge in [-0.1, -0.05) is 11.8 Å². The summed E-state index contributed by atoms with van der Waals surface area (Å²) in [4.78, 5) is 0. The summed E-state index contributed by atoms with van der Waals surface area (Å²) in [5.41, 5.74) is 0.881. The molecule has 0 aromatic heterocycles. The largest absolute Gasteiger partial charge is 0.493 e. The lowest BCUT2D eigenvalue weighted by molar-refractivity contribution is 0.324. The zero-order valence-electron chi connectivity index (χ0n) is 11.9. The minimum absolute atomic E-state index is 0.364. The van der Waals surface area contributed by atoms with Crippen molar-refractivity contribution in [1.82, 2.24) is 0 Å². The van der Waals surface area contributed by atoms with Crippen LogP contribution in [0.15, 0.2) is 12.1 Å². The van der Waals surface area contributed by atoms with Crippen LogP contribution in [-0.2, 0) is 0 Å². The van der Waals surface area contributed by atoms with Gasteiger partial charge in [-0.15, -0.1) is 23.5 Å². The molecule has 1 aliphatic rings. The van der Waals surface area contributed by atoms with Gasteiger partial charge in [-0.3, -0.25) is 0 Å². The Hall–Kier alpha value is -1.12. The van der Waals surface area contributed by atoms with Crippen molar-refractivity contribution in [3.8, 4) is 29.1 Å². The number of methoxy groups -OCH3 is 3. The molecule has 0 saturated carbocycles. The highest BCUT2D eigenvalue weighted by atomic mass is 32.2. The van der Waals surface area contributed by atoms with Crippen molar-refractivity contribution in [2.24, 2.45) is 0 Å². The summed E-state index contributed by atoms with van der Waals surface area (Å²) >= 11 is 3.82. The molecule has 108 valence electrons. The summed E-state index contributed by atoms with van der Waals surface area (Å²) in [6.45, 7) is 0. The van der Waals surface area contributed by atoms with Crippen LogP contribution in [0.4, 0.5) is 0 Å². The normalized spacial score (nSPS) is 15.2. The van der Waals surface area contributed by atoms with E-state index in [0.29, 0.717) is 21.8 Å². The molecule has 0 radical (unpaired) electrons.